The predicted octanol–water partition coefficient (Wildman–Crippen LogP) is 3.03. The molecule has 6 heteroatoms. The highest BCUT2D eigenvalue weighted by molar-refractivity contribution is 5.85. The van der Waals surface area contributed by atoms with Gasteiger partial charge in [-0.05, 0) is 69.8 Å². The van der Waals surface area contributed by atoms with Crippen LogP contribution in [0.1, 0.15) is 38.2 Å². The highest BCUT2D eigenvalue weighted by atomic mass is 35.5. The van der Waals surface area contributed by atoms with E-state index in [4.69, 9.17) is 0 Å². The van der Waals surface area contributed by atoms with Gasteiger partial charge >= 0.3 is 0 Å². The van der Waals surface area contributed by atoms with Gasteiger partial charge in [0.15, 0.2) is 0 Å². The Morgan fingerprint density at radius 3 is 2.88 bits per heavy atom. The van der Waals surface area contributed by atoms with Gasteiger partial charge in [0.25, 0.3) is 0 Å². The summed E-state index contributed by atoms with van der Waals surface area (Å²) in [4.78, 5) is 14.8. The van der Waals surface area contributed by atoms with E-state index in [1.54, 1.807) is 6.07 Å². The number of carbonyl (C=O) groups is 1. The van der Waals surface area contributed by atoms with Crippen LogP contribution in [0.15, 0.2) is 18.2 Å². The number of carbonyl (C=O) groups excluding carboxylic acids is 1. The van der Waals surface area contributed by atoms with Crippen LogP contribution in [0, 0.1) is 18.7 Å². The van der Waals surface area contributed by atoms with Crippen molar-refractivity contribution in [1.82, 2.24) is 10.6 Å². The molecule has 0 bridgehead atoms. The van der Waals surface area contributed by atoms with Gasteiger partial charge in [0.05, 0.1) is 0 Å². The molecule has 140 valence electrons. The maximum Gasteiger partial charge on any atom is 0.223 e. The minimum atomic E-state index is -0.196. The summed E-state index contributed by atoms with van der Waals surface area (Å²) in [7, 11) is 0. The van der Waals surface area contributed by atoms with E-state index >= 15 is 0 Å². The van der Waals surface area contributed by atoms with Crippen LogP contribution in [0.4, 0.5) is 10.1 Å². The van der Waals surface area contributed by atoms with E-state index in [0.29, 0.717) is 6.04 Å². The average molecular weight is 370 g/mol. The first-order valence-corrected chi connectivity index (χ1v) is 9.08. The van der Waals surface area contributed by atoms with E-state index < -0.39 is 0 Å². The molecule has 4 nitrogen and oxygen atoms in total. The number of anilines is 1. The van der Waals surface area contributed by atoms with Crippen molar-refractivity contribution in [2.24, 2.45) is 5.92 Å². The van der Waals surface area contributed by atoms with Gasteiger partial charge < -0.3 is 15.5 Å². The maximum atomic E-state index is 13.3. The normalized spacial score (nSPS) is 26.7. The summed E-state index contributed by atoms with van der Waals surface area (Å²) in [5.74, 6) is 0.133. The molecule has 3 rings (SSSR count). The van der Waals surface area contributed by atoms with E-state index in [9.17, 15) is 9.18 Å². The summed E-state index contributed by atoms with van der Waals surface area (Å²) in [6.45, 7) is 6.77. The molecule has 2 heterocycles. The fourth-order valence-electron chi connectivity index (χ4n) is 3.98. The number of amides is 1. The Balaban J connectivity index is 0.00000225. The first-order chi connectivity index (χ1) is 11.5. The van der Waals surface area contributed by atoms with E-state index in [-0.39, 0.29) is 36.1 Å². The highest BCUT2D eigenvalue weighted by Crippen LogP contribution is 2.25. The zero-order valence-electron chi connectivity index (χ0n) is 15.1. The molecule has 0 aromatic heterocycles. The molecule has 2 aliphatic heterocycles. The molecule has 0 spiro atoms. The second kappa shape index (κ2) is 8.86. The molecule has 0 saturated carbocycles. The largest absolute Gasteiger partial charge is 0.369 e. The molecule has 2 fully saturated rings. The number of benzene rings is 1. The summed E-state index contributed by atoms with van der Waals surface area (Å²) in [5, 5.41) is 6.65. The number of halogens is 2. The molecular weight excluding hydrogens is 341 g/mol. The monoisotopic (exact) mass is 369 g/mol. The molecular formula is C19H29ClFN3O. The molecule has 25 heavy (non-hydrogen) atoms. The molecule has 0 radical (unpaired) electrons. The fourth-order valence-corrected chi connectivity index (χ4v) is 3.98. The Kier molecular flexibility index (Phi) is 7.08. The number of rotatable bonds is 3. The number of hydrogen-bond donors (Lipinski definition) is 2. The quantitative estimate of drug-likeness (QED) is 0.860. The predicted molar refractivity (Wildman–Crippen MR) is 102 cm³/mol. The van der Waals surface area contributed by atoms with Crippen molar-refractivity contribution in [3.8, 4) is 0 Å². The number of nitrogens with one attached hydrogen (secondary N) is 2. The summed E-state index contributed by atoms with van der Waals surface area (Å²) >= 11 is 0. The second-order valence-electron chi connectivity index (χ2n) is 7.30. The molecule has 1 unspecified atom stereocenters. The van der Waals surface area contributed by atoms with E-state index in [1.807, 2.05) is 13.0 Å². The zero-order chi connectivity index (χ0) is 17.1. The van der Waals surface area contributed by atoms with Crippen molar-refractivity contribution < 1.29 is 9.18 Å². The van der Waals surface area contributed by atoms with E-state index in [1.165, 1.54) is 6.07 Å². The number of hydrogen-bond acceptors (Lipinski definition) is 3. The van der Waals surface area contributed by atoms with Crippen molar-refractivity contribution >= 4 is 24.0 Å². The maximum absolute atomic E-state index is 13.3. The third-order valence-electron chi connectivity index (χ3n) is 5.26. The summed E-state index contributed by atoms with van der Waals surface area (Å²) in [5.41, 5.74) is 2.03. The van der Waals surface area contributed by atoms with Crippen LogP contribution in [0.25, 0.3) is 0 Å². The lowest BCUT2D eigenvalue weighted by molar-refractivity contribution is -0.126. The summed E-state index contributed by atoms with van der Waals surface area (Å²) in [6.07, 6.45) is 3.90. The molecule has 1 aromatic carbocycles. The molecule has 3 atom stereocenters. The van der Waals surface area contributed by atoms with Crippen molar-refractivity contribution in [2.75, 3.05) is 24.5 Å². The lowest BCUT2D eigenvalue weighted by atomic mass is 9.92. The number of aryl methyl sites for hydroxylation is 1. The molecule has 0 aliphatic carbocycles. The van der Waals surface area contributed by atoms with Crippen LogP contribution in [0.3, 0.4) is 0 Å². The van der Waals surface area contributed by atoms with Crippen LogP contribution in [-0.2, 0) is 4.79 Å². The van der Waals surface area contributed by atoms with Crippen LogP contribution in [0.5, 0.6) is 0 Å². The highest BCUT2D eigenvalue weighted by Gasteiger charge is 2.28. The smallest absolute Gasteiger partial charge is 0.223 e. The lowest BCUT2D eigenvalue weighted by Crippen LogP contribution is -2.51. The number of nitrogens with zero attached hydrogens (tertiary/aromatic N) is 1. The van der Waals surface area contributed by atoms with E-state index in [0.717, 1.165) is 56.6 Å². The molecule has 2 aliphatic rings. The first-order valence-electron chi connectivity index (χ1n) is 9.08. The first kappa shape index (κ1) is 20.0. The Bertz CT molecular complexity index is 598. The van der Waals surface area contributed by atoms with Gasteiger partial charge in [-0.15, -0.1) is 12.4 Å². The van der Waals surface area contributed by atoms with Crippen LogP contribution >= 0.6 is 12.4 Å². The van der Waals surface area contributed by atoms with Crippen LogP contribution < -0.4 is 15.5 Å². The topological polar surface area (TPSA) is 44.4 Å². The summed E-state index contributed by atoms with van der Waals surface area (Å²) in [6, 6.07) is 5.54. The van der Waals surface area contributed by atoms with Crippen LogP contribution in [0.2, 0.25) is 0 Å². The third-order valence-corrected chi connectivity index (χ3v) is 5.26. The van der Waals surface area contributed by atoms with Crippen molar-refractivity contribution in [3.63, 3.8) is 0 Å². The summed E-state index contributed by atoms with van der Waals surface area (Å²) < 4.78 is 13.3. The van der Waals surface area contributed by atoms with Crippen LogP contribution in [-0.4, -0.2) is 37.6 Å². The second-order valence-corrected chi connectivity index (χ2v) is 7.30. The van der Waals surface area contributed by atoms with Gasteiger partial charge in [0.1, 0.15) is 5.82 Å². The van der Waals surface area contributed by atoms with Crippen molar-refractivity contribution in [1.29, 1.82) is 0 Å². The Labute approximate surface area is 156 Å². The molecule has 2 saturated heterocycles. The van der Waals surface area contributed by atoms with Gasteiger partial charge in [0.2, 0.25) is 5.91 Å². The van der Waals surface area contributed by atoms with Gasteiger partial charge in [0, 0.05) is 36.8 Å². The van der Waals surface area contributed by atoms with Crippen molar-refractivity contribution in [3.05, 3.63) is 29.6 Å². The average Bonchev–Trinajstić information content (AvgIpc) is 2.55. The zero-order valence-corrected chi connectivity index (χ0v) is 15.9. The Morgan fingerprint density at radius 1 is 1.36 bits per heavy atom. The Morgan fingerprint density at radius 2 is 2.16 bits per heavy atom. The third kappa shape index (κ3) is 5.08. The number of piperidine rings is 2. The standard InChI is InChI=1S/C19H28FN3O.ClH/c1-13-10-16(20)5-6-18(13)23-9-3-4-17(12-23)22-19(24)15-7-8-21-14(2)11-15;/h5-6,10,14-15,17,21H,3-4,7-9,11-12H2,1-2H3,(H,22,24);1H/t14-,15-,17?;/m0./s1. The van der Waals surface area contributed by atoms with Gasteiger partial charge in [-0.1, -0.05) is 0 Å². The molecule has 1 amide bonds. The van der Waals surface area contributed by atoms with Gasteiger partial charge in [-0.2, -0.15) is 0 Å². The van der Waals surface area contributed by atoms with E-state index in [2.05, 4.69) is 22.5 Å². The lowest BCUT2D eigenvalue weighted by Gasteiger charge is -2.36. The minimum absolute atomic E-state index is 0. The SMILES string of the molecule is Cc1cc(F)ccc1N1CCCC(NC(=O)[C@H]2CCN[C@@H](C)C2)C1.Cl. The minimum Gasteiger partial charge on any atom is -0.369 e. The van der Waals surface area contributed by atoms with Gasteiger partial charge in [-0.3, -0.25) is 4.79 Å². The van der Waals surface area contributed by atoms with Gasteiger partial charge in [-0.25, -0.2) is 4.39 Å². The Hall–Kier alpha value is -1.33. The fraction of sp³-hybridized carbons (Fsp3) is 0.632. The molecule has 1 aromatic rings. The van der Waals surface area contributed by atoms with Crippen molar-refractivity contribution in [2.45, 2.75) is 51.6 Å². The molecule has 2 N–H and O–H groups in total.